The Morgan fingerprint density at radius 3 is 2.46 bits per heavy atom. The number of rotatable bonds is 4. The molecule has 0 aliphatic carbocycles. The monoisotopic (exact) mass is 179 g/mol. The average molecular weight is 179 g/mol. The summed E-state index contributed by atoms with van der Waals surface area (Å²) in [6, 6.07) is 2.10. The van der Waals surface area contributed by atoms with Crippen molar-refractivity contribution < 1.29 is 0 Å². The second-order valence-electron chi connectivity index (χ2n) is 3.18. The third kappa shape index (κ3) is 2.79. The number of nitrogens with two attached hydrogens (primary N) is 2. The minimum absolute atomic E-state index is 0.655. The molecular weight excluding hydrogens is 162 g/mol. The van der Waals surface area contributed by atoms with Gasteiger partial charge in [-0.05, 0) is 43.6 Å². The quantitative estimate of drug-likeness (QED) is 0.703. The van der Waals surface area contributed by atoms with Gasteiger partial charge in [-0.1, -0.05) is 0 Å². The SMILES string of the molecule is Cc1cc(CCN)ncc1CCN. The van der Waals surface area contributed by atoms with Crippen molar-refractivity contribution in [2.75, 3.05) is 13.1 Å². The molecule has 3 nitrogen and oxygen atoms in total. The predicted molar refractivity (Wildman–Crippen MR) is 54.5 cm³/mol. The van der Waals surface area contributed by atoms with Crippen molar-refractivity contribution in [3.05, 3.63) is 29.1 Å². The molecule has 0 saturated heterocycles. The zero-order chi connectivity index (χ0) is 9.68. The smallest absolute Gasteiger partial charge is 0.0419 e. The molecule has 0 bridgehead atoms. The van der Waals surface area contributed by atoms with Gasteiger partial charge in [0, 0.05) is 18.3 Å². The van der Waals surface area contributed by atoms with Gasteiger partial charge in [-0.2, -0.15) is 0 Å². The largest absolute Gasteiger partial charge is 0.330 e. The fourth-order valence-corrected chi connectivity index (χ4v) is 1.34. The lowest BCUT2D eigenvalue weighted by atomic mass is 10.1. The van der Waals surface area contributed by atoms with Crippen LogP contribution in [0.2, 0.25) is 0 Å². The Morgan fingerprint density at radius 1 is 1.23 bits per heavy atom. The molecule has 0 spiro atoms. The van der Waals surface area contributed by atoms with Crippen LogP contribution >= 0.6 is 0 Å². The Labute approximate surface area is 79.2 Å². The summed E-state index contributed by atoms with van der Waals surface area (Å²) in [6.45, 7) is 3.42. The van der Waals surface area contributed by atoms with E-state index in [2.05, 4.69) is 18.0 Å². The highest BCUT2D eigenvalue weighted by atomic mass is 14.7. The number of hydrogen-bond acceptors (Lipinski definition) is 3. The van der Waals surface area contributed by atoms with E-state index >= 15 is 0 Å². The molecule has 0 saturated carbocycles. The van der Waals surface area contributed by atoms with Gasteiger partial charge in [0.25, 0.3) is 0 Å². The summed E-state index contributed by atoms with van der Waals surface area (Å²) in [5, 5.41) is 0. The highest BCUT2D eigenvalue weighted by Crippen LogP contribution is 2.08. The number of pyridine rings is 1. The Balaban J connectivity index is 2.79. The standard InChI is InChI=1S/C10H17N3/c1-8-6-10(3-5-12)13-7-9(8)2-4-11/h6-7H,2-5,11-12H2,1H3. The molecular formula is C10H17N3. The molecule has 4 N–H and O–H groups in total. The Kier molecular flexibility index (Phi) is 3.86. The second kappa shape index (κ2) is 4.94. The summed E-state index contributed by atoms with van der Waals surface area (Å²) < 4.78 is 0. The molecule has 1 aromatic heterocycles. The zero-order valence-corrected chi connectivity index (χ0v) is 8.09. The molecule has 0 aliphatic rings. The van der Waals surface area contributed by atoms with Crippen LogP contribution in [0, 0.1) is 6.92 Å². The lowest BCUT2D eigenvalue weighted by Crippen LogP contribution is -2.08. The molecule has 72 valence electrons. The first kappa shape index (κ1) is 10.2. The topological polar surface area (TPSA) is 64.9 Å². The van der Waals surface area contributed by atoms with Crippen LogP contribution in [0.15, 0.2) is 12.3 Å². The maximum absolute atomic E-state index is 5.48. The number of hydrogen-bond donors (Lipinski definition) is 2. The third-order valence-corrected chi connectivity index (χ3v) is 2.09. The van der Waals surface area contributed by atoms with Gasteiger partial charge in [0.15, 0.2) is 0 Å². The Morgan fingerprint density at radius 2 is 1.92 bits per heavy atom. The van der Waals surface area contributed by atoms with E-state index in [4.69, 9.17) is 11.5 Å². The maximum atomic E-state index is 5.48. The average Bonchev–Trinajstić information content (AvgIpc) is 2.10. The first-order valence-electron chi connectivity index (χ1n) is 4.62. The highest BCUT2D eigenvalue weighted by molar-refractivity contribution is 5.25. The Hall–Kier alpha value is -0.930. The molecule has 0 aliphatic heterocycles. The van der Waals surface area contributed by atoms with E-state index in [0.29, 0.717) is 13.1 Å². The van der Waals surface area contributed by atoms with Crippen LogP contribution in [0.4, 0.5) is 0 Å². The fourth-order valence-electron chi connectivity index (χ4n) is 1.34. The second-order valence-corrected chi connectivity index (χ2v) is 3.18. The molecule has 0 amide bonds. The van der Waals surface area contributed by atoms with Crippen molar-refractivity contribution in [3.8, 4) is 0 Å². The van der Waals surface area contributed by atoms with Crippen molar-refractivity contribution in [1.29, 1.82) is 0 Å². The van der Waals surface area contributed by atoms with E-state index in [9.17, 15) is 0 Å². The van der Waals surface area contributed by atoms with Gasteiger partial charge in [-0.15, -0.1) is 0 Å². The Bertz CT molecular complexity index is 271. The van der Waals surface area contributed by atoms with Crippen molar-refractivity contribution in [2.45, 2.75) is 19.8 Å². The molecule has 1 aromatic rings. The van der Waals surface area contributed by atoms with E-state index < -0.39 is 0 Å². The van der Waals surface area contributed by atoms with Crippen LogP contribution in [0.3, 0.4) is 0 Å². The van der Waals surface area contributed by atoms with Crippen LogP contribution in [-0.2, 0) is 12.8 Å². The highest BCUT2D eigenvalue weighted by Gasteiger charge is 1.99. The number of nitrogens with zero attached hydrogens (tertiary/aromatic N) is 1. The van der Waals surface area contributed by atoms with Crippen molar-refractivity contribution >= 4 is 0 Å². The van der Waals surface area contributed by atoms with Crippen molar-refractivity contribution in [1.82, 2.24) is 4.98 Å². The minimum Gasteiger partial charge on any atom is -0.330 e. The van der Waals surface area contributed by atoms with Gasteiger partial charge in [0.05, 0.1) is 0 Å². The van der Waals surface area contributed by atoms with Crippen LogP contribution in [-0.4, -0.2) is 18.1 Å². The molecule has 13 heavy (non-hydrogen) atoms. The maximum Gasteiger partial charge on any atom is 0.0419 e. The molecule has 1 rings (SSSR count). The van der Waals surface area contributed by atoms with Crippen LogP contribution in [0.5, 0.6) is 0 Å². The van der Waals surface area contributed by atoms with Crippen LogP contribution in [0.25, 0.3) is 0 Å². The molecule has 1 heterocycles. The summed E-state index contributed by atoms with van der Waals surface area (Å²) in [6.07, 6.45) is 3.67. The lowest BCUT2D eigenvalue weighted by molar-refractivity contribution is 0.894. The number of aryl methyl sites for hydroxylation is 1. The molecule has 0 aromatic carbocycles. The van der Waals surface area contributed by atoms with Gasteiger partial charge in [-0.3, -0.25) is 4.98 Å². The van der Waals surface area contributed by atoms with Gasteiger partial charge < -0.3 is 11.5 Å². The molecule has 0 fully saturated rings. The van der Waals surface area contributed by atoms with Gasteiger partial charge in [0.1, 0.15) is 0 Å². The molecule has 0 unspecified atom stereocenters. The zero-order valence-electron chi connectivity index (χ0n) is 8.09. The third-order valence-electron chi connectivity index (χ3n) is 2.09. The minimum atomic E-state index is 0.655. The van der Waals surface area contributed by atoms with E-state index in [1.165, 1.54) is 11.1 Å². The molecule has 0 radical (unpaired) electrons. The first-order chi connectivity index (χ1) is 6.27. The lowest BCUT2D eigenvalue weighted by Gasteiger charge is -2.05. The number of aromatic nitrogens is 1. The molecule has 0 atom stereocenters. The van der Waals surface area contributed by atoms with Crippen LogP contribution in [0.1, 0.15) is 16.8 Å². The summed E-state index contributed by atoms with van der Waals surface area (Å²) in [5.41, 5.74) is 14.5. The van der Waals surface area contributed by atoms with E-state index in [-0.39, 0.29) is 0 Å². The fraction of sp³-hybridized carbons (Fsp3) is 0.500. The van der Waals surface area contributed by atoms with Gasteiger partial charge in [-0.25, -0.2) is 0 Å². The van der Waals surface area contributed by atoms with Gasteiger partial charge in [0.2, 0.25) is 0 Å². The van der Waals surface area contributed by atoms with E-state index in [0.717, 1.165) is 18.5 Å². The van der Waals surface area contributed by atoms with Crippen molar-refractivity contribution in [2.24, 2.45) is 11.5 Å². The summed E-state index contributed by atoms with van der Waals surface area (Å²) in [5.74, 6) is 0. The van der Waals surface area contributed by atoms with Crippen molar-refractivity contribution in [3.63, 3.8) is 0 Å². The van der Waals surface area contributed by atoms with E-state index in [1.54, 1.807) is 0 Å². The molecule has 3 heteroatoms. The van der Waals surface area contributed by atoms with E-state index in [1.807, 2.05) is 6.20 Å². The van der Waals surface area contributed by atoms with Crippen LogP contribution < -0.4 is 11.5 Å². The first-order valence-corrected chi connectivity index (χ1v) is 4.62. The summed E-state index contributed by atoms with van der Waals surface area (Å²) >= 11 is 0. The summed E-state index contributed by atoms with van der Waals surface area (Å²) in [4.78, 5) is 4.31. The van der Waals surface area contributed by atoms with Gasteiger partial charge >= 0.3 is 0 Å². The predicted octanol–water partition coefficient (Wildman–Crippen LogP) is 0.392. The normalized spacial score (nSPS) is 10.4. The summed E-state index contributed by atoms with van der Waals surface area (Å²) in [7, 11) is 0.